The first-order chi connectivity index (χ1) is 8.08. The summed E-state index contributed by atoms with van der Waals surface area (Å²) < 4.78 is 27.3. The summed E-state index contributed by atoms with van der Waals surface area (Å²) in [4.78, 5) is 4.07. The van der Waals surface area contributed by atoms with E-state index in [1.807, 2.05) is 0 Å². The minimum Gasteiger partial charge on any atom is -0.378 e. The van der Waals surface area contributed by atoms with Crippen molar-refractivity contribution in [3.63, 3.8) is 0 Å². The number of benzene rings is 1. The highest BCUT2D eigenvalue weighted by Crippen LogP contribution is 2.15. The van der Waals surface area contributed by atoms with Crippen molar-refractivity contribution in [1.29, 1.82) is 0 Å². The lowest BCUT2D eigenvalue weighted by Gasteiger charge is -2.07. The summed E-state index contributed by atoms with van der Waals surface area (Å²) in [6.45, 7) is 0.383. The second-order valence-electron chi connectivity index (χ2n) is 3.54. The largest absolute Gasteiger partial charge is 0.378 e. The number of hydrogen-bond acceptors (Lipinski definition) is 2. The Hall–Kier alpha value is -1.62. The van der Waals surface area contributed by atoms with Crippen molar-refractivity contribution in [2.24, 2.45) is 7.05 Å². The van der Waals surface area contributed by atoms with Gasteiger partial charge in [0.2, 0.25) is 0 Å². The van der Waals surface area contributed by atoms with E-state index in [4.69, 9.17) is 11.6 Å². The Morgan fingerprint density at radius 1 is 1.35 bits per heavy atom. The molecule has 1 aromatic carbocycles. The number of aromatic nitrogens is 2. The highest BCUT2D eigenvalue weighted by Gasteiger charge is 2.05. The van der Waals surface area contributed by atoms with Crippen molar-refractivity contribution in [2.75, 3.05) is 5.32 Å². The Labute approximate surface area is 102 Å². The van der Waals surface area contributed by atoms with Crippen molar-refractivity contribution in [3.8, 4) is 0 Å². The topological polar surface area (TPSA) is 29.9 Å². The van der Waals surface area contributed by atoms with Crippen LogP contribution in [-0.2, 0) is 13.6 Å². The lowest BCUT2D eigenvalue weighted by molar-refractivity contribution is 0.509. The standard InChI is InChI=1S/C11H10ClF2N3/c1-17-10(12)5-16-11(17)6-15-7-2-3-8(13)9(14)4-7/h2-5,15H,6H2,1H3. The van der Waals surface area contributed by atoms with Gasteiger partial charge in [0, 0.05) is 18.8 Å². The van der Waals surface area contributed by atoms with E-state index < -0.39 is 11.6 Å². The summed E-state index contributed by atoms with van der Waals surface area (Å²) >= 11 is 5.82. The summed E-state index contributed by atoms with van der Waals surface area (Å²) in [5.41, 5.74) is 0.489. The average molecular weight is 258 g/mol. The van der Waals surface area contributed by atoms with Crippen LogP contribution in [0.15, 0.2) is 24.4 Å². The molecule has 0 aliphatic carbocycles. The Morgan fingerprint density at radius 3 is 2.71 bits per heavy atom. The number of hydrogen-bond donors (Lipinski definition) is 1. The molecule has 0 unspecified atom stereocenters. The van der Waals surface area contributed by atoms with E-state index in [-0.39, 0.29) is 0 Å². The van der Waals surface area contributed by atoms with Crippen molar-refractivity contribution in [2.45, 2.75) is 6.54 Å². The molecule has 0 spiro atoms. The van der Waals surface area contributed by atoms with Gasteiger partial charge < -0.3 is 9.88 Å². The predicted molar refractivity (Wildman–Crippen MR) is 61.9 cm³/mol. The minimum atomic E-state index is -0.882. The third-order valence-electron chi connectivity index (χ3n) is 2.40. The van der Waals surface area contributed by atoms with Gasteiger partial charge in [-0.2, -0.15) is 0 Å². The second-order valence-corrected chi connectivity index (χ2v) is 3.93. The van der Waals surface area contributed by atoms with E-state index in [2.05, 4.69) is 10.3 Å². The molecular formula is C11H10ClF2N3. The van der Waals surface area contributed by atoms with Gasteiger partial charge in [-0.1, -0.05) is 11.6 Å². The maximum atomic E-state index is 12.9. The molecule has 0 amide bonds. The van der Waals surface area contributed by atoms with Gasteiger partial charge in [0.15, 0.2) is 11.6 Å². The zero-order chi connectivity index (χ0) is 12.4. The first-order valence-electron chi connectivity index (χ1n) is 4.93. The van der Waals surface area contributed by atoms with Crippen LogP contribution < -0.4 is 5.32 Å². The summed E-state index contributed by atoms with van der Waals surface area (Å²) in [6.07, 6.45) is 1.53. The molecule has 17 heavy (non-hydrogen) atoms. The van der Waals surface area contributed by atoms with Crippen LogP contribution in [-0.4, -0.2) is 9.55 Å². The monoisotopic (exact) mass is 257 g/mol. The normalized spacial score (nSPS) is 10.6. The molecule has 0 fully saturated rings. The van der Waals surface area contributed by atoms with Crippen LogP contribution in [0.2, 0.25) is 5.15 Å². The molecule has 3 nitrogen and oxygen atoms in total. The third kappa shape index (κ3) is 2.55. The molecule has 1 aromatic heterocycles. The quantitative estimate of drug-likeness (QED) is 0.916. The number of anilines is 1. The van der Waals surface area contributed by atoms with Gasteiger partial charge in [0.1, 0.15) is 11.0 Å². The fourth-order valence-electron chi connectivity index (χ4n) is 1.38. The highest BCUT2D eigenvalue weighted by atomic mass is 35.5. The molecule has 2 aromatic rings. The SMILES string of the molecule is Cn1c(Cl)cnc1CNc1ccc(F)c(F)c1. The van der Waals surface area contributed by atoms with Gasteiger partial charge in [-0.3, -0.25) is 0 Å². The van der Waals surface area contributed by atoms with Crippen LogP contribution in [0.5, 0.6) is 0 Å². The van der Waals surface area contributed by atoms with Crippen molar-refractivity contribution in [1.82, 2.24) is 9.55 Å². The first kappa shape index (κ1) is 11.9. The van der Waals surface area contributed by atoms with Gasteiger partial charge in [-0.15, -0.1) is 0 Å². The molecule has 0 aliphatic heterocycles. The summed E-state index contributed by atoms with van der Waals surface area (Å²) in [5, 5.41) is 3.45. The van der Waals surface area contributed by atoms with Crippen LogP contribution in [0, 0.1) is 11.6 Å². The summed E-state index contributed by atoms with van der Waals surface area (Å²) in [7, 11) is 1.78. The molecule has 0 bridgehead atoms. The van der Waals surface area contributed by atoms with Gasteiger partial charge in [0.25, 0.3) is 0 Å². The van der Waals surface area contributed by atoms with E-state index in [0.717, 1.165) is 12.1 Å². The fraction of sp³-hybridized carbons (Fsp3) is 0.182. The average Bonchev–Trinajstić information content (AvgIpc) is 2.62. The molecule has 90 valence electrons. The van der Waals surface area contributed by atoms with E-state index in [1.54, 1.807) is 11.6 Å². The molecule has 0 radical (unpaired) electrons. The summed E-state index contributed by atoms with van der Waals surface area (Å²) in [6, 6.07) is 3.63. The van der Waals surface area contributed by atoms with Crippen LogP contribution >= 0.6 is 11.6 Å². The zero-order valence-corrected chi connectivity index (χ0v) is 9.80. The van der Waals surface area contributed by atoms with E-state index >= 15 is 0 Å². The molecule has 2 rings (SSSR count). The molecule has 0 saturated heterocycles. The Balaban J connectivity index is 2.07. The van der Waals surface area contributed by atoms with Gasteiger partial charge >= 0.3 is 0 Å². The molecule has 1 N–H and O–H groups in total. The van der Waals surface area contributed by atoms with Gasteiger partial charge in [-0.25, -0.2) is 13.8 Å². The first-order valence-corrected chi connectivity index (χ1v) is 5.30. The van der Waals surface area contributed by atoms with Crippen LogP contribution in [0.25, 0.3) is 0 Å². The van der Waals surface area contributed by atoms with Gasteiger partial charge in [0.05, 0.1) is 12.7 Å². The highest BCUT2D eigenvalue weighted by molar-refractivity contribution is 6.29. The Morgan fingerprint density at radius 2 is 2.12 bits per heavy atom. The second kappa shape index (κ2) is 4.71. The van der Waals surface area contributed by atoms with E-state index in [0.29, 0.717) is 23.2 Å². The molecule has 0 aliphatic rings. The third-order valence-corrected chi connectivity index (χ3v) is 2.75. The Bertz CT molecular complexity index is 540. The minimum absolute atomic E-state index is 0.383. The summed E-state index contributed by atoms with van der Waals surface area (Å²) in [5.74, 6) is -1.04. The van der Waals surface area contributed by atoms with Crippen LogP contribution in [0.3, 0.4) is 0 Å². The fourth-order valence-corrected chi connectivity index (χ4v) is 1.52. The number of nitrogens with one attached hydrogen (secondary N) is 1. The number of imidazole rings is 1. The molecule has 0 atom stereocenters. The van der Waals surface area contributed by atoms with Crippen molar-refractivity contribution >= 4 is 17.3 Å². The molecular weight excluding hydrogens is 248 g/mol. The van der Waals surface area contributed by atoms with Crippen molar-refractivity contribution < 1.29 is 8.78 Å². The molecule has 1 heterocycles. The zero-order valence-electron chi connectivity index (χ0n) is 9.04. The molecule has 0 saturated carbocycles. The lowest BCUT2D eigenvalue weighted by atomic mass is 10.3. The lowest BCUT2D eigenvalue weighted by Crippen LogP contribution is -2.06. The molecule has 6 heteroatoms. The van der Waals surface area contributed by atoms with E-state index in [9.17, 15) is 8.78 Å². The smallest absolute Gasteiger partial charge is 0.160 e. The van der Waals surface area contributed by atoms with Crippen LogP contribution in [0.4, 0.5) is 14.5 Å². The number of halogens is 3. The predicted octanol–water partition coefficient (Wildman–Crippen LogP) is 2.96. The Kier molecular flexibility index (Phi) is 3.28. The van der Waals surface area contributed by atoms with Crippen LogP contribution in [0.1, 0.15) is 5.82 Å². The van der Waals surface area contributed by atoms with E-state index in [1.165, 1.54) is 12.3 Å². The number of nitrogens with zero attached hydrogens (tertiary/aromatic N) is 2. The van der Waals surface area contributed by atoms with Gasteiger partial charge in [-0.05, 0) is 12.1 Å². The van der Waals surface area contributed by atoms with Crippen molar-refractivity contribution in [3.05, 3.63) is 47.0 Å². The maximum Gasteiger partial charge on any atom is 0.160 e. The maximum absolute atomic E-state index is 12.9. The number of rotatable bonds is 3.